The fourth-order valence-corrected chi connectivity index (χ4v) is 1.16. The van der Waals surface area contributed by atoms with E-state index in [-0.39, 0.29) is 12.2 Å². The summed E-state index contributed by atoms with van der Waals surface area (Å²) in [6, 6.07) is 0. The van der Waals surface area contributed by atoms with Crippen LogP contribution in [0.5, 0.6) is 0 Å². The molecule has 0 saturated carbocycles. The third-order valence-corrected chi connectivity index (χ3v) is 1.81. The quantitative estimate of drug-likeness (QED) is 0.738. The summed E-state index contributed by atoms with van der Waals surface area (Å²) < 4.78 is 4.95. The molecule has 0 atom stereocenters. The molecule has 1 aromatic heterocycles. The molecule has 0 radical (unpaired) electrons. The second-order valence-electron chi connectivity index (χ2n) is 1.99. The first-order valence-corrected chi connectivity index (χ1v) is 4.09. The minimum Gasteiger partial charge on any atom is -0.462 e. The van der Waals surface area contributed by atoms with Gasteiger partial charge in [0.05, 0.1) is 6.61 Å². The van der Waals surface area contributed by atoms with Crippen LogP contribution in [-0.2, 0) is 4.74 Å². The highest BCUT2D eigenvalue weighted by Crippen LogP contribution is 2.08. The molecule has 1 aromatic rings. The van der Waals surface area contributed by atoms with Gasteiger partial charge in [0.1, 0.15) is 4.60 Å². The number of rotatable bonds is 2. The summed E-state index contributed by atoms with van der Waals surface area (Å²) in [7, 11) is 0. The fraction of sp³-hybridized carbons (Fsp3) is 0.333. The number of carbonyl (C=O) groups excluding carboxylic acids is 1. The van der Waals surface area contributed by atoms with E-state index in [1.165, 1.54) is 0 Å². The molecule has 0 fully saturated rings. The lowest BCUT2D eigenvalue weighted by atomic mass is 10.4. The molecule has 5 nitrogen and oxygen atoms in total. The summed E-state index contributed by atoms with van der Waals surface area (Å²) >= 11 is 3.00. The van der Waals surface area contributed by atoms with Gasteiger partial charge < -0.3 is 4.74 Å². The molecule has 0 aromatic carbocycles. The Balaban J connectivity index is 3.01. The van der Waals surface area contributed by atoms with E-state index in [0.717, 1.165) is 0 Å². The largest absolute Gasteiger partial charge is 0.462 e. The predicted molar refractivity (Wildman–Crippen MR) is 45.1 cm³/mol. The number of hydrogen-bond donors (Lipinski definition) is 2. The van der Waals surface area contributed by atoms with Crippen molar-refractivity contribution in [1.82, 2.24) is 10.2 Å². The first-order valence-electron chi connectivity index (χ1n) is 3.30. The normalized spacial score (nSPS) is 9.83. The number of aromatic amines is 2. The summed E-state index contributed by atoms with van der Waals surface area (Å²) in [5, 5.41) is 4.70. The van der Waals surface area contributed by atoms with Crippen LogP contribution in [0.4, 0.5) is 0 Å². The Hall–Kier alpha value is -1.04. The van der Waals surface area contributed by atoms with Crippen molar-refractivity contribution in [3.63, 3.8) is 0 Å². The predicted octanol–water partition coefficient (Wildman–Crippen LogP) is 0.642. The Morgan fingerprint density at radius 2 is 2.25 bits per heavy atom. The Morgan fingerprint density at radius 1 is 1.58 bits per heavy atom. The van der Waals surface area contributed by atoms with Crippen LogP contribution in [0.15, 0.2) is 9.40 Å². The zero-order valence-corrected chi connectivity index (χ0v) is 7.90. The molecule has 0 aliphatic carbocycles. The fourth-order valence-electron chi connectivity index (χ4n) is 0.722. The lowest BCUT2D eigenvalue weighted by Crippen LogP contribution is -2.15. The Labute approximate surface area is 76.2 Å². The van der Waals surface area contributed by atoms with E-state index in [1.807, 2.05) is 0 Å². The average molecular weight is 235 g/mol. The maximum absolute atomic E-state index is 11.1. The molecule has 0 unspecified atom stereocenters. The third kappa shape index (κ3) is 1.58. The van der Waals surface area contributed by atoms with Crippen molar-refractivity contribution in [2.75, 3.05) is 6.61 Å². The van der Waals surface area contributed by atoms with Crippen LogP contribution in [-0.4, -0.2) is 22.8 Å². The molecule has 1 rings (SSSR count). The van der Waals surface area contributed by atoms with Crippen LogP contribution < -0.4 is 5.56 Å². The topological polar surface area (TPSA) is 75.0 Å². The molecule has 0 bridgehead atoms. The van der Waals surface area contributed by atoms with E-state index in [2.05, 4.69) is 30.9 Å². The highest BCUT2D eigenvalue weighted by atomic mass is 79.9. The molecule has 0 saturated heterocycles. The summed E-state index contributed by atoms with van der Waals surface area (Å²) in [5.74, 6) is -0.633. The summed E-state index contributed by atoms with van der Waals surface area (Å²) in [6.07, 6.45) is 0. The van der Waals surface area contributed by atoms with Crippen molar-refractivity contribution in [2.24, 2.45) is 0 Å². The van der Waals surface area contributed by atoms with Crippen LogP contribution in [0.2, 0.25) is 0 Å². The van der Waals surface area contributed by atoms with E-state index in [9.17, 15) is 9.59 Å². The van der Waals surface area contributed by atoms with Crippen LogP contribution in [0.25, 0.3) is 0 Å². The van der Waals surface area contributed by atoms with Crippen molar-refractivity contribution in [2.45, 2.75) is 6.92 Å². The van der Waals surface area contributed by atoms with Gasteiger partial charge in [-0.3, -0.25) is 15.0 Å². The molecule has 1 heterocycles. The minimum atomic E-state index is -0.633. The number of esters is 1. The summed E-state index contributed by atoms with van der Waals surface area (Å²) in [5.41, 5.74) is -0.517. The molecular weight excluding hydrogens is 228 g/mol. The van der Waals surface area contributed by atoms with Gasteiger partial charge in [0, 0.05) is 0 Å². The standard InChI is InChI=1S/C6H7BrN2O3/c1-2-12-6(11)3-4(7)8-9-5(3)10/h2H2,1H3,(H2,8,9,10). The van der Waals surface area contributed by atoms with Gasteiger partial charge in [0.2, 0.25) is 0 Å². The zero-order valence-electron chi connectivity index (χ0n) is 6.31. The number of ether oxygens (including phenoxy) is 1. The lowest BCUT2D eigenvalue weighted by molar-refractivity contribution is 0.0524. The van der Waals surface area contributed by atoms with Gasteiger partial charge >= 0.3 is 5.97 Å². The highest BCUT2D eigenvalue weighted by molar-refractivity contribution is 9.10. The van der Waals surface area contributed by atoms with Crippen molar-refractivity contribution < 1.29 is 9.53 Å². The summed E-state index contributed by atoms with van der Waals surface area (Å²) in [4.78, 5) is 22.0. The van der Waals surface area contributed by atoms with Gasteiger partial charge in [0.15, 0.2) is 5.56 Å². The number of H-pyrrole nitrogens is 2. The molecule has 0 aliphatic heterocycles. The van der Waals surface area contributed by atoms with E-state index < -0.39 is 11.5 Å². The molecular formula is C6H7BrN2O3. The van der Waals surface area contributed by atoms with Gasteiger partial charge in [-0.2, -0.15) is 0 Å². The Kier molecular flexibility index (Phi) is 2.69. The second kappa shape index (κ2) is 3.57. The number of hydrogen-bond acceptors (Lipinski definition) is 3. The second-order valence-corrected chi connectivity index (χ2v) is 2.78. The maximum Gasteiger partial charge on any atom is 0.346 e. The van der Waals surface area contributed by atoms with Crippen LogP contribution in [0.3, 0.4) is 0 Å². The average Bonchev–Trinajstić information content (AvgIpc) is 2.32. The van der Waals surface area contributed by atoms with Gasteiger partial charge in [-0.25, -0.2) is 4.79 Å². The molecule has 6 heteroatoms. The van der Waals surface area contributed by atoms with Crippen LogP contribution >= 0.6 is 15.9 Å². The van der Waals surface area contributed by atoms with Gasteiger partial charge in [-0.15, -0.1) is 0 Å². The monoisotopic (exact) mass is 234 g/mol. The maximum atomic E-state index is 11.1. The smallest absolute Gasteiger partial charge is 0.346 e. The first-order chi connectivity index (χ1) is 5.66. The number of carbonyl (C=O) groups is 1. The third-order valence-electron chi connectivity index (χ3n) is 1.21. The molecule has 66 valence electrons. The minimum absolute atomic E-state index is 0.0307. The first kappa shape index (κ1) is 9.05. The van der Waals surface area contributed by atoms with Gasteiger partial charge in [-0.1, -0.05) is 0 Å². The Bertz CT molecular complexity index is 341. The zero-order chi connectivity index (χ0) is 9.14. The summed E-state index contributed by atoms with van der Waals surface area (Å²) in [6.45, 7) is 1.92. The van der Waals surface area contributed by atoms with E-state index in [1.54, 1.807) is 6.92 Å². The SMILES string of the molecule is CCOC(=O)c1c(Br)[nH][nH]c1=O. The van der Waals surface area contributed by atoms with Crippen molar-refractivity contribution in [3.8, 4) is 0 Å². The number of aromatic nitrogens is 2. The molecule has 0 amide bonds. The highest BCUT2D eigenvalue weighted by Gasteiger charge is 2.16. The molecule has 0 aliphatic rings. The number of nitrogens with one attached hydrogen (secondary N) is 2. The number of halogens is 1. The molecule has 2 N–H and O–H groups in total. The van der Waals surface area contributed by atoms with E-state index >= 15 is 0 Å². The van der Waals surface area contributed by atoms with Crippen molar-refractivity contribution in [1.29, 1.82) is 0 Å². The van der Waals surface area contributed by atoms with Crippen molar-refractivity contribution in [3.05, 3.63) is 20.5 Å². The van der Waals surface area contributed by atoms with E-state index in [4.69, 9.17) is 0 Å². The molecule has 0 spiro atoms. The van der Waals surface area contributed by atoms with Gasteiger partial charge in [0.25, 0.3) is 5.56 Å². The lowest BCUT2D eigenvalue weighted by Gasteiger charge is -1.96. The van der Waals surface area contributed by atoms with Crippen LogP contribution in [0, 0.1) is 0 Å². The van der Waals surface area contributed by atoms with Crippen molar-refractivity contribution >= 4 is 21.9 Å². The Morgan fingerprint density at radius 3 is 2.67 bits per heavy atom. The van der Waals surface area contributed by atoms with E-state index in [0.29, 0.717) is 4.60 Å². The van der Waals surface area contributed by atoms with Gasteiger partial charge in [-0.05, 0) is 22.9 Å². The molecule has 12 heavy (non-hydrogen) atoms. The van der Waals surface area contributed by atoms with Crippen LogP contribution in [0.1, 0.15) is 17.3 Å².